The van der Waals surface area contributed by atoms with Crippen molar-refractivity contribution in [1.29, 1.82) is 0 Å². The minimum atomic E-state index is -0.941. The van der Waals surface area contributed by atoms with E-state index in [0.717, 1.165) is 38.5 Å². The number of hydrogen-bond donors (Lipinski definition) is 2. The van der Waals surface area contributed by atoms with Gasteiger partial charge < -0.3 is 10.4 Å². The van der Waals surface area contributed by atoms with E-state index in [4.69, 9.17) is 5.11 Å². The third kappa shape index (κ3) is 28.2. The van der Waals surface area contributed by atoms with Crippen molar-refractivity contribution < 1.29 is 24.3 Å². The van der Waals surface area contributed by atoms with E-state index in [-0.39, 0.29) is 43.2 Å². The number of carboxylic acid groups (broad SMARTS) is 1. The van der Waals surface area contributed by atoms with Crippen molar-refractivity contribution in [2.45, 2.75) is 200 Å². The van der Waals surface area contributed by atoms with Gasteiger partial charge in [0.05, 0.1) is 6.04 Å². The molecule has 6 heteroatoms. The molecule has 0 aromatic heterocycles. The predicted molar refractivity (Wildman–Crippen MR) is 170 cm³/mol. The number of amides is 1. The molecule has 240 valence electrons. The summed E-state index contributed by atoms with van der Waals surface area (Å²) >= 11 is 0. The molecule has 0 aliphatic carbocycles. The summed E-state index contributed by atoms with van der Waals surface area (Å²) in [6.07, 6.45) is 27.8. The maximum absolute atomic E-state index is 13.0. The third-order valence-electron chi connectivity index (χ3n) is 8.04. The quantitative estimate of drug-likeness (QED) is 0.0773. The lowest BCUT2D eigenvalue weighted by Crippen LogP contribution is -2.42. The van der Waals surface area contributed by atoms with Gasteiger partial charge in [0.2, 0.25) is 5.91 Å². The molecule has 0 rings (SSSR count). The number of Topliss-reactive ketones (excluding diaryl/α,β-unsaturated/α-hetero) is 2. The van der Waals surface area contributed by atoms with E-state index in [1.54, 1.807) is 0 Å². The van der Waals surface area contributed by atoms with Gasteiger partial charge in [-0.25, -0.2) is 0 Å². The fourth-order valence-electron chi connectivity index (χ4n) is 5.37. The van der Waals surface area contributed by atoms with Crippen LogP contribution in [0.3, 0.4) is 0 Å². The minimum absolute atomic E-state index is 0.0315. The highest BCUT2D eigenvalue weighted by atomic mass is 16.4. The van der Waals surface area contributed by atoms with Gasteiger partial charge in [0.1, 0.15) is 5.78 Å². The SMILES string of the molecule is CCCCCCCCCCCCCC(=O)CC(NC(=O)CCCC(=O)O)C(=O)CCCCCCCCCCCCC. The molecule has 1 unspecified atom stereocenters. The van der Waals surface area contributed by atoms with Gasteiger partial charge in [-0.15, -0.1) is 0 Å². The normalized spacial score (nSPS) is 11.9. The van der Waals surface area contributed by atoms with Gasteiger partial charge in [-0.3, -0.25) is 19.2 Å². The van der Waals surface area contributed by atoms with E-state index >= 15 is 0 Å². The van der Waals surface area contributed by atoms with Gasteiger partial charge in [-0.1, -0.05) is 142 Å². The molecule has 0 saturated heterocycles. The Bertz CT molecular complexity index is 663. The highest BCUT2D eigenvalue weighted by Crippen LogP contribution is 2.15. The van der Waals surface area contributed by atoms with E-state index in [0.29, 0.717) is 12.8 Å². The Hall–Kier alpha value is -1.72. The summed E-state index contributed by atoms with van der Waals surface area (Å²) < 4.78 is 0. The molecule has 0 fully saturated rings. The Morgan fingerprint density at radius 3 is 1.29 bits per heavy atom. The van der Waals surface area contributed by atoms with Crippen molar-refractivity contribution >= 4 is 23.4 Å². The second kappa shape index (κ2) is 29.8. The van der Waals surface area contributed by atoms with E-state index in [2.05, 4.69) is 19.2 Å². The van der Waals surface area contributed by atoms with Gasteiger partial charge in [0.25, 0.3) is 0 Å². The number of carbonyl (C=O) groups is 4. The molecule has 0 bridgehead atoms. The summed E-state index contributed by atoms with van der Waals surface area (Å²) in [5.41, 5.74) is 0. The van der Waals surface area contributed by atoms with Crippen molar-refractivity contribution in [1.82, 2.24) is 5.32 Å². The van der Waals surface area contributed by atoms with Gasteiger partial charge in [0, 0.05) is 32.1 Å². The summed E-state index contributed by atoms with van der Waals surface area (Å²) in [6, 6.07) is -0.782. The van der Waals surface area contributed by atoms with Crippen LogP contribution < -0.4 is 5.32 Å². The van der Waals surface area contributed by atoms with Crippen LogP contribution >= 0.6 is 0 Å². The van der Waals surface area contributed by atoms with Gasteiger partial charge >= 0.3 is 5.97 Å². The van der Waals surface area contributed by atoms with Crippen LogP contribution in [0.1, 0.15) is 194 Å². The Balaban J connectivity index is 4.28. The van der Waals surface area contributed by atoms with E-state index in [1.165, 1.54) is 103 Å². The fraction of sp³-hybridized carbons (Fsp3) is 0.886. The first-order valence-corrected chi connectivity index (χ1v) is 17.5. The molecule has 0 aromatic rings. The maximum atomic E-state index is 13.0. The van der Waals surface area contributed by atoms with E-state index in [1.807, 2.05) is 0 Å². The lowest BCUT2D eigenvalue weighted by Gasteiger charge is -2.17. The summed E-state index contributed by atoms with van der Waals surface area (Å²) in [4.78, 5) is 48.8. The molecule has 0 spiro atoms. The van der Waals surface area contributed by atoms with Crippen LogP contribution in [0.5, 0.6) is 0 Å². The van der Waals surface area contributed by atoms with Crippen molar-refractivity contribution in [2.24, 2.45) is 0 Å². The van der Waals surface area contributed by atoms with Crippen LogP contribution in [0.2, 0.25) is 0 Å². The average molecular weight is 580 g/mol. The van der Waals surface area contributed by atoms with Crippen molar-refractivity contribution in [2.75, 3.05) is 0 Å². The number of rotatable bonds is 32. The molecule has 0 radical (unpaired) electrons. The average Bonchev–Trinajstić information content (AvgIpc) is 2.94. The molecule has 0 saturated carbocycles. The predicted octanol–water partition coefficient (Wildman–Crippen LogP) is 9.66. The molecular formula is C35H65NO5. The molecule has 41 heavy (non-hydrogen) atoms. The summed E-state index contributed by atoms with van der Waals surface area (Å²) in [7, 11) is 0. The standard InChI is InChI=1S/C35H65NO5/c1-3-5-7-9-11-13-15-17-19-21-23-26-31(37)30-32(36-34(39)28-25-29-35(40)41)33(38)27-24-22-20-18-16-14-12-10-8-6-4-2/h32H,3-30H2,1-2H3,(H,36,39)(H,40,41). The monoisotopic (exact) mass is 579 g/mol. The van der Waals surface area contributed by atoms with Crippen LogP contribution in [0.15, 0.2) is 0 Å². The van der Waals surface area contributed by atoms with Crippen molar-refractivity contribution in [3.63, 3.8) is 0 Å². The fourth-order valence-corrected chi connectivity index (χ4v) is 5.37. The second-order valence-electron chi connectivity index (χ2n) is 12.1. The lowest BCUT2D eigenvalue weighted by molar-refractivity contribution is -0.137. The van der Waals surface area contributed by atoms with Gasteiger partial charge in [-0.2, -0.15) is 0 Å². The van der Waals surface area contributed by atoms with E-state index in [9.17, 15) is 19.2 Å². The number of aliphatic carboxylic acids is 1. The van der Waals surface area contributed by atoms with E-state index < -0.39 is 12.0 Å². The third-order valence-corrected chi connectivity index (χ3v) is 8.04. The molecule has 2 N–H and O–H groups in total. The zero-order chi connectivity index (χ0) is 30.4. The molecule has 0 aliphatic heterocycles. The van der Waals surface area contributed by atoms with Crippen LogP contribution in [-0.2, 0) is 19.2 Å². The van der Waals surface area contributed by atoms with Crippen LogP contribution in [0, 0.1) is 0 Å². The largest absolute Gasteiger partial charge is 0.481 e. The van der Waals surface area contributed by atoms with Crippen LogP contribution in [-0.4, -0.2) is 34.6 Å². The van der Waals surface area contributed by atoms with Crippen molar-refractivity contribution in [3.05, 3.63) is 0 Å². The Morgan fingerprint density at radius 2 is 0.878 bits per heavy atom. The first-order chi connectivity index (χ1) is 19.9. The molecule has 0 aromatic carbocycles. The first kappa shape index (κ1) is 39.3. The summed E-state index contributed by atoms with van der Waals surface area (Å²) in [6.45, 7) is 4.48. The summed E-state index contributed by atoms with van der Waals surface area (Å²) in [5, 5.41) is 11.6. The lowest BCUT2D eigenvalue weighted by atomic mass is 9.97. The topological polar surface area (TPSA) is 101 Å². The molecule has 1 atom stereocenters. The van der Waals surface area contributed by atoms with Crippen LogP contribution in [0.25, 0.3) is 0 Å². The maximum Gasteiger partial charge on any atom is 0.303 e. The molecular weight excluding hydrogens is 514 g/mol. The van der Waals surface area contributed by atoms with Gasteiger partial charge in [-0.05, 0) is 19.3 Å². The highest BCUT2D eigenvalue weighted by Gasteiger charge is 2.23. The minimum Gasteiger partial charge on any atom is -0.481 e. The zero-order valence-corrected chi connectivity index (χ0v) is 27.0. The summed E-state index contributed by atoms with van der Waals surface area (Å²) in [5.74, 6) is -1.32. The second-order valence-corrected chi connectivity index (χ2v) is 12.1. The molecule has 1 amide bonds. The molecule has 0 aliphatic rings. The Morgan fingerprint density at radius 1 is 0.488 bits per heavy atom. The number of hydrogen-bond acceptors (Lipinski definition) is 4. The van der Waals surface area contributed by atoms with Crippen molar-refractivity contribution in [3.8, 4) is 0 Å². The van der Waals surface area contributed by atoms with Gasteiger partial charge in [0.15, 0.2) is 5.78 Å². The number of carboxylic acids is 1. The number of nitrogens with one attached hydrogen (secondary N) is 1. The Labute approximate surface area is 252 Å². The Kier molecular flexibility index (Phi) is 28.5. The zero-order valence-electron chi connectivity index (χ0n) is 27.0. The molecule has 0 heterocycles. The van der Waals surface area contributed by atoms with Crippen LogP contribution in [0.4, 0.5) is 0 Å². The number of ketones is 2. The number of unbranched alkanes of at least 4 members (excludes halogenated alkanes) is 20. The smallest absolute Gasteiger partial charge is 0.303 e. The number of carbonyl (C=O) groups excluding carboxylic acids is 3. The first-order valence-electron chi connectivity index (χ1n) is 17.5. The molecule has 6 nitrogen and oxygen atoms in total. The highest BCUT2D eigenvalue weighted by molar-refractivity contribution is 5.93.